The minimum absolute atomic E-state index is 0.0633. The van der Waals surface area contributed by atoms with Gasteiger partial charge in [0.15, 0.2) is 0 Å². The summed E-state index contributed by atoms with van der Waals surface area (Å²) in [6, 6.07) is 7.71. The molecule has 1 aliphatic heterocycles. The van der Waals surface area contributed by atoms with Crippen molar-refractivity contribution in [2.24, 2.45) is 5.92 Å². The van der Waals surface area contributed by atoms with Crippen molar-refractivity contribution in [2.45, 2.75) is 37.1 Å². The van der Waals surface area contributed by atoms with Crippen LogP contribution in [0, 0.1) is 5.92 Å². The number of rotatable bonds is 6. The lowest BCUT2D eigenvalue weighted by Gasteiger charge is -2.30. The summed E-state index contributed by atoms with van der Waals surface area (Å²) >= 11 is 3.36. The van der Waals surface area contributed by atoms with Crippen molar-refractivity contribution in [3.8, 4) is 0 Å². The van der Waals surface area contributed by atoms with Gasteiger partial charge in [-0.15, -0.1) is 0 Å². The zero-order valence-corrected chi connectivity index (χ0v) is 15.2. The van der Waals surface area contributed by atoms with E-state index < -0.39 is 10.8 Å². The van der Waals surface area contributed by atoms with Gasteiger partial charge in [-0.1, -0.05) is 22.9 Å². The van der Waals surface area contributed by atoms with E-state index in [-0.39, 0.29) is 11.9 Å². The van der Waals surface area contributed by atoms with Crippen LogP contribution < -0.4 is 10.6 Å². The molecule has 2 rings (SSSR count). The second-order valence-corrected chi connectivity index (χ2v) is 8.24. The lowest BCUT2D eigenvalue weighted by atomic mass is 9.95. The lowest BCUT2D eigenvalue weighted by molar-refractivity contribution is -0.122. The fraction of sp³-hybridized carbons (Fsp3) is 0.562. The second-order valence-electron chi connectivity index (χ2n) is 5.75. The van der Waals surface area contributed by atoms with Crippen molar-refractivity contribution in [1.82, 2.24) is 10.6 Å². The van der Waals surface area contributed by atoms with Gasteiger partial charge < -0.3 is 10.6 Å². The predicted octanol–water partition coefficient (Wildman–Crippen LogP) is 2.45. The number of carbonyl (C=O) groups is 1. The molecule has 1 saturated heterocycles. The molecule has 0 radical (unpaired) electrons. The Labute approximate surface area is 143 Å². The molecule has 1 aromatic carbocycles. The minimum Gasteiger partial charge on any atom is -0.352 e. The highest BCUT2D eigenvalue weighted by molar-refractivity contribution is 9.10. The van der Waals surface area contributed by atoms with Crippen LogP contribution in [0.1, 0.15) is 26.2 Å². The summed E-state index contributed by atoms with van der Waals surface area (Å²) < 4.78 is 13.1. The predicted molar refractivity (Wildman–Crippen MR) is 93.2 cm³/mol. The first kappa shape index (κ1) is 17.6. The number of halogens is 1. The van der Waals surface area contributed by atoms with Crippen LogP contribution in [0.25, 0.3) is 0 Å². The lowest BCUT2D eigenvalue weighted by Crippen LogP contribution is -2.50. The van der Waals surface area contributed by atoms with Crippen LogP contribution in [0.3, 0.4) is 0 Å². The quantitative estimate of drug-likeness (QED) is 0.789. The topological polar surface area (TPSA) is 58.2 Å². The van der Waals surface area contributed by atoms with Crippen LogP contribution in [0.2, 0.25) is 0 Å². The van der Waals surface area contributed by atoms with E-state index in [4.69, 9.17) is 0 Å². The first-order valence-electron chi connectivity index (χ1n) is 7.70. The van der Waals surface area contributed by atoms with Gasteiger partial charge in [-0.05, 0) is 49.6 Å². The average Bonchev–Trinajstić information content (AvgIpc) is 2.50. The minimum atomic E-state index is -1.03. The van der Waals surface area contributed by atoms with Crippen LogP contribution in [0.5, 0.6) is 0 Å². The molecule has 1 fully saturated rings. The largest absolute Gasteiger partial charge is 0.352 e. The summed E-state index contributed by atoms with van der Waals surface area (Å²) in [5, 5.41) is 6.39. The maximum atomic E-state index is 12.1. The Morgan fingerprint density at radius 3 is 2.82 bits per heavy atom. The third-order valence-electron chi connectivity index (χ3n) is 3.98. The molecule has 22 heavy (non-hydrogen) atoms. The van der Waals surface area contributed by atoms with E-state index in [1.54, 1.807) is 0 Å². The van der Waals surface area contributed by atoms with Gasteiger partial charge in [0.05, 0.1) is 10.8 Å². The standard InChI is InChI=1S/C16H23BrN2O2S/c1-12-8-9-18-11-15(12)19-16(20)3-2-10-22(21)14-6-4-13(17)5-7-14/h4-7,12,15,18H,2-3,8-11H2,1H3,(H,19,20). The van der Waals surface area contributed by atoms with Crippen LogP contribution in [-0.4, -0.2) is 35.0 Å². The molecule has 1 aromatic rings. The first-order valence-corrected chi connectivity index (χ1v) is 9.81. The van der Waals surface area contributed by atoms with E-state index in [0.717, 1.165) is 28.9 Å². The van der Waals surface area contributed by atoms with Gasteiger partial charge in [0, 0.05) is 34.1 Å². The van der Waals surface area contributed by atoms with Gasteiger partial charge >= 0.3 is 0 Å². The molecular weight excluding hydrogens is 364 g/mol. The van der Waals surface area contributed by atoms with Crippen LogP contribution in [0.4, 0.5) is 0 Å². The van der Waals surface area contributed by atoms with Crippen molar-refractivity contribution >= 4 is 32.6 Å². The van der Waals surface area contributed by atoms with Crippen molar-refractivity contribution in [3.05, 3.63) is 28.7 Å². The summed E-state index contributed by atoms with van der Waals surface area (Å²) in [5.41, 5.74) is 0. The zero-order valence-electron chi connectivity index (χ0n) is 12.8. The molecule has 0 bridgehead atoms. The molecule has 0 aromatic heterocycles. The number of carbonyl (C=O) groups excluding carboxylic acids is 1. The van der Waals surface area contributed by atoms with Crippen molar-refractivity contribution in [1.29, 1.82) is 0 Å². The molecule has 6 heteroatoms. The van der Waals surface area contributed by atoms with Gasteiger partial charge in [-0.2, -0.15) is 0 Å². The molecule has 0 spiro atoms. The molecule has 1 aliphatic rings. The Morgan fingerprint density at radius 2 is 2.14 bits per heavy atom. The maximum Gasteiger partial charge on any atom is 0.220 e. The Hall–Kier alpha value is -0.720. The van der Waals surface area contributed by atoms with Gasteiger partial charge in [0.2, 0.25) is 5.91 Å². The highest BCUT2D eigenvalue weighted by Gasteiger charge is 2.22. The number of nitrogens with one attached hydrogen (secondary N) is 2. The SMILES string of the molecule is CC1CCNCC1NC(=O)CCCS(=O)c1ccc(Br)cc1. The molecule has 4 nitrogen and oxygen atoms in total. The van der Waals surface area contributed by atoms with E-state index >= 15 is 0 Å². The Bertz CT molecular complexity index is 521. The summed E-state index contributed by atoms with van der Waals surface area (Å²) in [4.78, 5) is 12.8. The normalized spacial score (nSPS) is 23.0. The monoisotopic (exact) mass is 386 g/mol. The molecule has 1 heterocycles. The van der Waals surface area contributed by atoms with E-state index in [1.165, 1.54) is 0 Å². The average molecular weight is 387 g/mol. The van der Waals surface area contributed by atoms with E-state index in [0.29, 0.717) is 24.5 Å². The summed E-state index contributed by atoms with van der Waals surface area (Å²) in [5.74, 6) is 1.10. The van der Waals surface area contributed by atoms with Gasteiger partial charge in [-0.25, -0.2) is 0 Å². The van der Waals surface area contributed by atoms with Gasteiger partial charge in [-0.3, -0.25) is 9.00 Å². The fourth-order valence-corrected chi connectivity index (χ4v) is 3.88. The fourth-order valence-electron chi connectivity index (χ4n) is 2.53. The van der Waals surface area contributed by atoms with Crippen LogP contribution in [-0.2, 0) is 15.6 Å². The number of hydrogen-bond acceptors (Lipinski definition) is 3. The summed E-state index contributed by atoms with van der Waals surface area (Å²) in [7, 11) is -1.03. The van der Waals surface area contributed by atoms with E-state index in [2.05, 4.69) is 33.5 Å². The van der Waals surface area contributed by atoms with E-state index in [1.807, 2.05) is 24.3 Å². The Morgan fingerprint density at radius 1 is 1.41 bits per heavy atom. The maximum absolute atomic E-state index is 12.1. The summed E-state index contributed by atoms with van der Waals surface area (Å²) in [6.07, 6.45) is 2.17. The van der Waals surface area contributed by atoms with Crippen LogP contribution in [0.15, 0.2) is 33.6 Å². The van der Waals surface area contributed by atoms with Crippen LogP contribution >= 0.6 is 15.9 Å². The highest BCUT2D eigenvalue weighted by Crippen LogP contribution is 2.15. The molecule has 0 saturated carbocycles. The zero-order chi connectivity index (χ0) is 15.9. The first-order chi connectivity index (χ1) is 10.6. The third kappa shape index (κ3) is 5.48. The van der Waals surface area contributed by atoms with Gasteiger partial charge in [0.25, 0.3) is 0 Å². The Balaban J connectivity index is 1.70. The third-order valence-corrected chi connectivity index (χ3v) is 5.97. The molecule has 3 atom stereocenters. The highest BCUT2D eigenvalue weighted by atomic mass is 79.9. The number of amides is 1. The molecule has 0 aliphatic carbocycles. The van der Waals surface area contributed by atoms with Crippen molar-refractivity contribution < 1.29 is 9.00 Å². The van der Waals surface area contributed by atoms with E-state index in [9.17, 15) is 9.00 Å². The summed E-state index contributed by atoms with van der Waals surface area (Å²) in [6.45, 7) is 4.05. The molecule has 122 valence electrons. The van der Waals surface area contributed by atoms with Crippen molar-refractivity contribution in [2.75, 3.05) is 18.8 Å². The number of piperidine rings is 1. The Kier molecular flexibility index (Phi) is 7.05. The molecule has 3 unspecified atom stereocenters. The van der Waals surface area contributed by atoms with Gasteiger partial charge in [0.1, 0.15) is 0 Å². The smallest absolute Gasteiger partial charge is 0.220 e. The number of hydrogen-bond donors (Lipinski definition) is 2. The van der Waals surface area contributed by atoms with Crippen molar-refractivity contribution in [3.63, 3.8) is 0 Å². The molecular formula is C16H23BrN2O2S. The molecule has 1 amide bonds. The number of benzene rings is 1. The molecule has 2 N–H and O–H groups in total. The second kappa shape index (κ2) is 8.79.